The number of rotatable bonds is 7. The van der Waals surface area contributed by atoms with E-state index < -0.39 is 11.3 Å². The van der Waals surface area contributed by atoms with E-state index in [0.717, 1.165) is 39.4 Å². The van der Waals surface area contributed by atoms with Crippen LogP contribution in [0.25, 0.3) is 0 Å². The lowest BCUT2D eigenvalue weighted by molar-refractivity contribution is -0.230. The van der Waals surface area contributed by atoms with Crippen molar-refractivity contribution in [3.8, 4) is 0 Å². The summed E-state index contributed by atoms with van der Waals surface area (Å²) in [5, 5.41) is 0. The van der Waals surface area contributed by atoms with Crippen molar-refractivity contribution < 1.29 is 18.3 Å². The average Bonchev–Trinajstić information content (AvgIpc) is 3.38. The molecule has 0 amide bonds. The summed E-state index contributed by atoms with van der Waals surface area (Å²) in [6.07, 6.45) is 35.8. The van der Waals surface area contributed by atoms with Crippen LogP contribution in [-0.2, 0) is 14.9 Å². The summed E-state index contributed by atoms with van der Waals surface area (Å²) in [7, 11) is 0. The number of benzene rings is 2. The monoisotopic (exact) mass is 1070 g/mol. The zero-order valence-corrected chi connectivity index (χ0v) is 54.9. The van der Waals surface area contributed by atoms with Gasteiger partial charge in [0.15, 0.2) is 0 Å². The van der Waals surface area contributed by atoms with Crippen molar-refractivity contribution in [1.82, 2.24) is 0 Å². The van der Waals surface area contributed by atoms with Gasteiger partial charge in [-0.25, -0.2) is 8.78 Å². The van der Waals surface area contributed by atoms with Crippen molar-refractivity contribution in [2.24, 2.45) is 43.3 Å². The lowest BCUT2D eigenvalue weighted by atomic mass is 9.54. The fourth-order valence-electron chi connectivity index (χ4n) is 14.2. The Morgan fingerprint density at radius 2 is 0.597 bits per heavy atom. The van der Waals surface area contributed by atoms with Crippen LogP contribution in [0.5, 0.6) is 0 Å². The molecule has 2 nitrogen and oxygen atoms in total. The summed E-state index contributed by atoms with van der Waals surface area (Å²) in [4.78, 5) is 0. The molecule has 0 aromatic heterocycles. The van der Waals surface area contributed by atoms with Gasteiger partial charge in [0.05, 0.1) is 24.4 Å². The van der Waals surface area contributed by atoms with Crippen LogP contribution in [0.1, 0.15) is 323 Å². The van der Waals surface area contributed by atoms with Crippen LogP contribution in [0.4, 0.5) is 8.78 Å². The fourth-order valence-corrected chi connectivity index (χ4v) is 14.2. The van der Waals surface area contributed by atoms with Crippen molar-refractivity contribution in [2.45, 2.75) is 334 Å². The van der Waals surface area contributed by atoms with E-state index in [0.29, 0.717) is 50.7 Å². The van der Waals surface area contributed by atoms with Crippen molar-refractivity contribution >= 4 is 0 Å². The quantitative estimate of drug-likeness (QED) is 0.275. The molecule has 5 aliphatic carbocycles. The molecule has 0 radical (unpaired) electrons. The zero-order valence-electron chi connectivity index (χ0n) is 54.9. The lowest BCUT2D eigenvalue weighted by Gasteiger charge is -2.50. The Balaban J connectivity index is 0.000000249. The molecule has 5 saturated carbocycles. The first kappa shape index (κ1) is 69.5. The van der Waals surface area contributed by atoms with E-state index in [1.165, 1.54) is 152 Å². The van der Waals surface area contributed by atoms with Gasteiger partial charge in [0.1, 0.15) is 0 Å². The second-order valence-corrected chi connectivity index (χ2v) is 30.8. The molecule has 1 aliphatic heterocycles. The molecule has 446 valence electrons. The molecule has 6 fully saturated rings. The average molecular weight is 1080 g/mol. The fraction of sp³-hybridized carbons (Fsp3) is 0.836. The van der Waals surface area contributed by atoms with Crippen molar-refractivity contribution in [1.29, 1.82) is 0 Å². The highest BCUT2D eigenvalue weighted by Crippen LogP contribution is 2.56. The highest BCUT2D eigenvalue weighted by molar-refractivity contribution is 5.41. The van der Waals surface area contributed by atoms with Crippen LogP contribution >= 0.6 is 0 Å². The van der Waals surface area contributed by atoms with Crippen LogP contribution in [-0.4, -0.2) is 30.3 Å². The molecule has 0 bridgehead atoms. The predicted octanol–water partition coefficient (Wildman–Crippen LogP) is 24.0. The minimum Gasteiger partial charge on any atom is -0.370 e. The first-order chi connectivity index (χ1) is 35.6. The minimum absolute atomic E-state index is 0.0932. The molecule has 0 N–H and O–H groups in total. The molecule has 0 atom stereocenters. The Kier molecular flexibility index (Phi) is 26.1. The van der Waals surface area contributed by atoms with Gasteiger partial charge in [-0.1, -0.05) is 274 Å². The Hall–Kier alpha value is -1.78. The maximum absolute atomic E-state index is 13.0. The summed E-state index contributed by atoms with van der Waals surface area (Å²) >= 11 is 0. The molecule has 4 heteroatoms. The number of halogens is 2. The third-order valence-electron chi connectivity index (χ3n) is 23.9. The number of hydrogen-bond acceptors (Lipinski definition) is 2. The summed E-state index contributed by atoms with van der Waals surface area (Å²) in [6, 6.07) is 22.2. The van der Waals surface area contributed by atoms with Crippen LogP contribution in [0, 0.1) is 43.3 Å². The molecule has 1 saturated heterocycles. The van der Waals surface area contributed by atoms with E-state index in [-0.39, 0.29) is 16.6 Å². The molecule has 6 aliphatic rings. The summed E-state index contributed by atoms with van der Waals surface area (Å²) in [5.41, 5.74) is 5.81. The largest absolute Gasteiger partial charge is 0.370 e. The third-order valence-corrected chi connectivity index (χ3v) is 23.9. The van der Waals surface area contributed by atoms with Gasteiger partial charge in [-0.3, -0.25) is 0 Å². The molecule has 2 aromatic rings. The van der Waals surface area contributed by atoms with Crippen LogP contribution in [0.3, 0.4) is 0 Å². The van der Waals surface area contributed by atoms with Gasteiger partial charge >= 0.3 is 0 Å². The maximum atomic E-state index is 13.0. The lowest BCUT2D eigenvalue weighted by Crippen LogP contribution is -2.53. The van der Waals surface area contributed by atoms with Gasteiger partial charge in [-0.15, -0.1) is 0 Å². The second kappa shape index (κ2) is 29.0. The first-order valence-corrected chi connectivity index (χ1v) is 32.3. The summed E-state index contributed by atoms with van der Waals surface area (Å²) in [6.45, 7) is 46.4. The standard InChI is InChI=1S/C21H26.C13H26.2C11H22.C9H16F2.C8H16O2/c1-20(16-10-5-11-17-20)21(2,18-12-6-3-7-13-18)19-14-8-4-9-15-19;1-5-12(3,6-2)13(4)10-8-7-9-11-13;2*1-10(2,3)11(4)8-6-5-7-9-11;1-8(9(2,10)11)6-4-3-5-7-8;1-7(2)8(3,4)10-6-5-9-7/h3-4,6-9,12-15H,5,10-11,16-17H2,1-2H3;5-11H2,1-4H3;2*5-9H2,1-4H3;3-7H2,1-2H3;5-6H2,1-4H3. The number of hydrogen-bond donors (Lipinski definition) is 0. The van der Waals surface area contributed by atoms with Gasteiger partial charge < -0.3 is 9.47 Å². The van der Waals surface area contributed by atoms with E-state index in [9.17, 15) is 8.78 Å². The van der Waals surface area contributed by atoms with Crippen LogP contribution in [0.15, 0.2) is 60.7 Å². The van der Waals surface area contributed by atoms with Crippen molar-refractivity contribution in [3.63, 3.8) is 0 Å². The Morgan fingerprint density at radius 3 is 0.805 bits per heavy atom. The Labute approximate surface area is 478 Å². The highest BCUT2D eigenvalue weighted by Gasteiger charge is 2.48. The SMILES string of the molecule is CC(C)(C)C1(C)CCCCC1.CC(C)(C)C1(C)CCCCC1.CC(F)(F)C1(C)CCCCC1.CC1(C(C)(c2ccccc2)c2ccccc2)CCCCC1.CC1(C)OCCOC1(C)C.CCC(C)(CC)C1(C)CCCCC1. The van der Waals surface area contributed by atoms with Gasteiger partial charge in [0.2, 0.25) is 0 Å². The number of ether oxygens (including phenoxy) is 2. The van der Waals surface area contributed by atoms with E-state index in [2.05, 4.69) is 185 Å². The normalized spacial score (nSPS) is 23.6. The van der Waals surface area contributed by atoms with E-state index in [4.69, 9.17) is 9.47 Å². The van der Waals surface area contributed by atoms with Crippen LogP contribution in [0.2, 0.25) is 0 Å². The molecule has 0 unspecified atom stereocenters. The van der Waals surface area contributed by atoms with E-state index in [1.54, 1.807) is 6.92 Å². The highest BCUT2D eigenvalue weighted by atomic mass is 19.3. The molecule has 2 aromatic carbocycles. The Bertz CT molecular complexity index is 1750. The van der Waals surface area contributed by atoms with Crippen molar-refractivity contribution in [2.75, 3.05) is 13.2 Å². The van der Waals surface area contributed by atoms with E-state index in [1.807, 2.05) is 0 Å². The van der Waals surface area contributed by atoms with Crippen LogP contribution < -0.4 is 0 Å². The second-order valence-electron chi connectivity index (χ2n) is 30.8. The summed E-state index contributed by atoms with van der Waals surface area (Å²) < 4.78 is 37.1. The topological polar surface area (TPSA) is 18.5 Å². The minimum atomic E-state index is -2.49. The molecule has 77 heavy (non-hydrogen) atoms. The molecule has 1 heterocycles. The first-order valence-electron chi connectivity index (χ1n) is 32.3. The van der Waals surface area contributed by atoms with Gasteiger partial charge in [0.25, 0.3) is 5.92 Å². The van der Waals surface area contributed by atoms with Gasteiger partial charge in [-0.05, 0) is 148 Å². The maximum Gasteiger partial charge on any atom is 0.250 e. The third kappa shape index (κ3) is 18.4. The smallest absolute Gasteiger partial charge is 0.250 e. The number of alkyl halides is 2. The van der Waals surface area contributed by atoms with Crippen molar-refractivity contribution in [3.05, 3.63) is 71.8 Å². The molecular weight excluding hydrogens is 947 g/mol. The molecule has 8 rings (SSSR count). The Morgan fingerprint density at radius 1 is 0.351 bits per heavy atom. The van der Waals surface area contributed by atoms with E-state index >= 15 is 0 Å². The zero-order chi connectivity index (χ0) is 58.1. The van der Waals surface area contributed by atoms with Gasteiger partial charge in [0, 0.05) is 10.8 Å². The van der Waals surface area contributed by atoms with Gasteiger partial charge in [-0.2, -0.15) is 0 Å². The predicted molar refractivity (Wildman–Crippen MR) is 334 cm³/mol. The molecular formula is C73H128F2O2. The molecule has 0 spiro atoms. The summed E-state index contributed by atoms with van der Waals surface area (Å²) in [5.74, 6) is -2.49.